The number of carbonyl (C=O) groups is 1. The third kappa shape index (κ3) is 5.20. The molecule has 0 radical (unpaired) electrons. The van der Waals surface area contributed by atoms with Crippen molar-refractivity contribution in [1.29, 1.82) is 0 Å². The largest absolute Gasteiger partial charge is 0.480 e. The Morgan fingerprint density at radius 3 is 2.71 bits per heavy atom. The highest BCUT2D eigenvalue weighted by Crippen LogP contribution is 2.28. The maximum Gasteiger partial charge on any atom is 0.343 e. The number of hydrogen-bond acceptors (Lipinski definition) is 4. The molecule has 0 saturated carbocycles. The summed E-state index contributed by atoms with van der Waals surface area (Å²) in [6.07, 6.45) is 6.09. The Morgan fingerprint density at radius 1 is 0.971 bits per heavy atom. The van der Waals surface area contributed by atoms with Crippen molar-refractivity contribution in [2.24, 2.45) is 0 Å². The number of fused-ring (bicyclic) bond motifs is 2. The number of hydrogen-bond donors (Lipinski definition) is 0. The number of aromatic nitrogens is 2. The summed E-state index contributed by atoms with van der Waals surface area (Å²) >= 11 is 6.12. The third-order valence-corrected chi connectivity index (χ3v) is 5.99. The summed E-state index contributed by atoms with van der Waals surface area (Å²) in [5, 5.41) is 2.78. The number of nitrogens with zero attached hydrogens (tertiary/aromatic N) is 2. The molecule has 6 heteroatoms. The van der Waals surface area contributed by atoms with Crippen molar-refractivity contribution >= 4 is 51.5 Å². The van der Waals surface area contributed by atoms with Crippen molar-refractivity contribution in [1.82, 2.24) is 9.55 Å². The second kappa shape index (κ2) is 10.0. The van der Waals surface area contributed by atoms with E-state index in [1.165, 1.54) is 7.11 Å². The quantitative estimate of drug-likeness (QED) is 0.245. The van der Waals surface area contributed by atoms with E-state index in [1.807, 2.05) is 72.9 Å². The van der Waals surface area contributed by atoms with Crippen molar-refractivity contribution in [3.63, 3.8) is 0 Å². The first-order valence-electron chi connectivity index (χ1n) is 11.2. The lowest BCUT2D eigenvalue weighted by Crippen LogP contribution is -2.13. The van der Waals surface area contributed by atoms with Crippen LogP contribution in [0.15, 0.2) is 85.1 Å². The minimum absolute atomic E-state index is 0.129. The van der Waals surface area contributed by atoms with E-state index in [9.17, 15) is 4.79 Å². The Bertz CT molecular complexity index is 1550. The van der Waals surface area contributed by atoms with Gasteiger partial charge in [-0.05, 0) is 53.6 Å². The minimum atomic E-state index is -0.413. The number of esters is 1. The van der Waals surface area contributed by atoms with Crippen LogP contribution in [0.5, 0.6) is 5.75 Å². The standard InChI is InChI=1S/C29H23ClN2O3/c1-34-28(33)19-35-27-7-3-6-23-14-15-32(29(23)27)18-21-5-2-4-20(16-21)8-12-25-13-10-22-9-11-24(30)17-26(22)31-25/h2-17H,18-19H2,1H3/b12-8+. The molecule has 0 saturated heterocycles. The molecule has 0 fully saturated rings. The summed E-state index contributed by atoms with van der Waals surface area (Å²) in [7, 11) is 1.35. The van der Waals surface area contributed by atoms with Gasteiger partial charge < -0.3 is 14.0 Å². The number of rotatable bonds is 7. The maximum absolute atomic E-state index is 11.5. The van der Waals surface area contributed by atoms with Gasteiger partial charge in [0.2, 0.25) is 0 Å². The first-order chi connectivity index (χ1) is 17.1. The van der Waals surface area contributed by atoms with Crippen LogP contribution in [0.4, 0.5) is 0 Å². The van der Waals surface area contributed by atoms with Crippen molar-refractivity contribution in [2.45, 2.75) is 6.54 Å². The van der Waals surface area contributed by atoms with Crippen molar-refractivity contribution in [3.8, 4) is 5.75 Å². The summed E-state index contributed by atoms with van der Waals surface area (Å²) in [4.78, 5) is 16.2. The zero-order valence-corrected chi connectivity index (χ0v) is 19.9. The molecular weight excluding hydrogens is 460 g/mol. The van der Waals surface area contributed by atoms with E-state index in [1.54, 1.807) is 0 Å². The molecule has 174 valence electrons. The molecule has 0 aliphatic rings. The molecule has 0 spiro atoms. The van der Waals surface area contributed by atoms with Gasteiger partial charge in [-0.15, -0.1) is 0 Å². The second-order valence-corrected chi connectivity index (χ2v) is 8.59. The zero-order chi connectivity index (χ0) is 24.2. The van der Waals surface area contributed by atoms with E-state index in [4.69, 9.17) is 26.1 Å². The van der Waals surface area contributed by atoms with Gasteiger partial charge in [0.05, 0.1) is 23.8 Å². The monoisotopic (exact) mass is 482 g/mol. The molecular formula is C29H23ClN2O3. The Labute approximate surface area is 208 Å². The fraction of sp³-hybridized carbons (Fsp3) is 0.103. The highest BCUT2D eigenvalue weighted by molar-refractivity contribution is 6.31. The fourth-order valence-corrected chi connectivity index (χ4v) is 4.21. The summed E-state index contributed by atoms with van der Waals surface area (Å²) in [6.45, 7) is 0.534. The number of carbonyl (C=O) groups excluding carboxylic acids is 1. The summed E-state index contributed by atoms with van der Waals surface area (Å²) in [6, 6.07) is 26.0. The SMILES string of the molecule is COC(=O)COc1cccc2ccn(Cc3cccc(/C=C/c4ccc5ccc(Cl)cc5n4)c3)c12. The van der Waals surface area contributed by atoms with Gasteiger partial charge in [-0.3, -0.25) is 0 Å². The molecule has 0 amide bonds. The van der Waals surface area contributed by atoms with Crippen molar-refractivity contribution in [2.75, 3.05) is 13.7 Å². The molecule has 5 nitrogen and oxygen atoms in total. The second-order valence-electron chi connectivity index (χ2n) is 8.15. The van der Waals surface area contributed by atoms with E-state index in [2.05, 4.69) is 28.8 Å². The number of benzene rings is 3. The van der Waals surface area contributed by atoms with Gasteiger partial charge in [-0.2, -0.15) is 0 Å². The Morgan fingerprint density at radius 2 is 1.83 bits per heavy atom. The topological polar surface area (TPSA) is 53.4 Å². The molecule has 0 N–H and O–H groups in total. The van der Waals surface area contributed by atoms with E-state index < -0.39 is 5.97 Å². The van der Waals surface area contributed by atoms with Gasteiger partial charge in [0, 0.05) is 28.5 Å². The number of halogens is 1. The van der Waals surface area contributed by atoms with Crippen LogP contribution in [0.3, 0.4) is 0 Å². The molecule has 5 aromatic rings. The lowest BCUT2D eigenvalue weighted by atomic mass is 10.1. The van der Waals surface area contributed by atoms with Crippen LogP contribution in [0.2, 0.25) is 5.02 Å². The highest BCUT2D eigenvalue weighted by Gasteiger charge is 2.10. The van der Waals surface area contributed by atoms with Crippen LogP contribution in [0.25, 0.3) is 34.0 Å². The maximum atomic E-state index is 11.5. The first-order valence-corrected chi connectivity index (χ1v) is 11.6. The van der Waals surface area contributed by atoms with Gasteiger partial charge in [0.15, 0.2) is 6.61 Å². The molecule has 0 atom stereocenters. The Kier molecular flexibility index (Phi) is 6.51. The highest BCUT2D eigenvalue weighted by atomic mass is 35.5. The molecule has 2 aromatic heterocycles. The van der Waals surface area contributed by atoms with Crippen LogP contribution in [0, 0.1) is 0 Å². The molecule has 2 heterocycles. The van der Waals surface area contributed by atoms with Gasteiger partial charge in [-0.1, -0.05) is 60.1 Å². The summed E-state index contributed by atoms with van der Waals surface area (Å²) < 4.78 is 12.6. The molecule has 3 aromatic carbocycles. The van der Waals surface area contributed by atoms with E-state index in [0.29, 0.717) is 17.3 Å². The normalized spacial score (nSPS) is 11.4. The zero-order valence-electron chi connectivity index (χ0n) is 19.1. The minimum Gasteiger partial charge on any atom is -0.480 e. The number of ether oxygens (including phenoxy) is 2. The fourth-order valence-electron chi connectivity index (χ4n) is 4.04. The van der Waals surface area contributed by atoms with E-state index in [-0.39, 0.29) is 6.61 Å². The van der Waals surface area contributed by atoms with Crippen LogP contribution in [-0.2, 0) is 16.1 Å². The molecule has 0 bridgehead atoms. The molecule has 5 rings (SSSR count). The average Bonchev–Trinajstić information content (AvgIpc) is 3.29. The Hall–Kier alpha value is -4.09. The van der Waals surface area contributed by atoms with Crippen molar-refractivity contribution in [3.05, 3.63) is 107 Å². The molecule has 0 aliphatic heterocycles. The number of methoxy groups -OCH3 is 1. The van der Waals surface area contributed by atoms with Gasteiger partial charge >= 0.3 is 5.97 Å². The van der Waals surface area contributed by atoms with Crippen LogP contribution in [0.1, 0.15) is 16.8 Å². The predicted octanol–water partition coefficient (Wildman–Crippen LogP) is 6.61. The van der Waals surface area contributed by atoms with Gasteiger partial charge in [-0.25, -0.2) is 9.78 Å². The smallest absolute Gasteiger partial charge is 0.343 e. The predicted molar refractivity (Wildman–Crippen MR) is 141 cm³/mol. The van der Waals surface area contributed by atoms with Crippen LogP contribution >= 0.6 is 11.6 Å². The van der Waals surface area contributed by atoms with Gasteiger partial charge in [0.1, 0.15) is 5.75 Å². The number of pyridine rings is 1. The van der Waals surface area contributed by atoms with E-state index >= 15 is 0 Å². The molecule has 0 unspecified atom stereocenters. The van der Waals surface area contributed by atoms with Gasteiger partial charge in [0.25, 0.3) is 0 Å². The summed E-state index contributed by atoms with van der Waals surface area (Å²) in [5.41, 5.74) is 4.91. The third-order valence-electron chi connectivity index (χ3n) is 5.75. The molecule has 0 aliphatic carbocycles. The van der Waals surface area contributed by atoms with Crippen LogP contribution < -0.4 is 4.74 Å². The van der Waals surface area contributed by atoms with Crippen molar-refractivity contribution < 1.29 is 14.3 Å². The average molecular weight is 483 g/mol. The number of para-hydroxylation sites is 1. The van der Waals surface area contributed by atoms with Crippen LogP contribution in [-0.4, -0.2) is 29.2 Å². The Balaban J connectivity index is 1.37. The molecule has 35 heavy (non-hydrogen) atoms. The summed E-state index contributed by atoms with van der Waals surface area (Å²) in [5.74, 6) is 0.236. The van der Waals surface area contributed by atoms with E-state index in [0.717, 1.165) is 38.6 Å². The lowest BCUT2D eigenvalue weighted by Gasteiger charge is -2.11. The first kappa shape index (κ1) is 22.7. The lowest BCUT2D eigenvalue weighted by molar-refractivity contribution is -0.142.